The first-order chi connectivity index (χ1) is 10.9. The molecule has 0 aromatic heterocycles. The number of nitrogens with one attached hydrogen (secondary N) is 1. The molecule has 1 saturated carbocycles. The Morgan fingerprint density at radius 2 is 1.62 bits per heavy atom. The van der Waals surface area contributed by atoms with Gasteiger partial charge in [0.1, 0.15) is 11.4 Å². The average Bonchev–Trinajstić information content (AvgIpc) is 2.33. The standard InChI is InChI=1S/C10H21N.C8H13NO3S/c1-8-6-9(2,3)11-10(4,5)7-8;1-6-9-13(10,11)8-5-3-2-4-7(8)12-6/h8,11H,6-7H2,1-5H3;7-8H,2-5H2,1H3. The molecule has 0 amide bonds. The summed E-state index contributed by atoms with van der Waals surface area (Å²) in [5, 5.41) is 3.28. The van der Waals surface area contributed by atoms with Gasteiger partial charge in [0.25, 0.3) is 10.0 Å². The first-order valence-corrected chi connectivity index (χ1v) is 10.7. The third-order valence-corrected chi connectivity index (χ3v) is 6.81. The molecular weight excluding hydrogens is 324 g/mol. The van der Waals surface area contributed by atoms with Gasteiger partial charge in [-0.2, -0.15) is 0 Å². The number of fused-ring (bicyclic) bond motifs is 1. The average molecular weight is 359 g/mol. The van der Waals surface area contributed by atoms with Crippen molar-refractivity contribution < 1.29 is 13.2 Å². The molecule has 0 aromatic rings. The molecule has 2 heterocycles. The SMILES string of the molecule is CC1=NS(=O)(=O)C2CCCCC2O1.CC1CC(C)(C)NC(C)(C)C1. The molecule has 3 rings (SSSR count). The van der Waals surface area contributed by atoms with Crippen LogP contribution in [0.3, 0.4) is 0 Å². The first kappa shape index (κ1) is 19.7. The van der Waals surface area contributed by atoms with Gasteiger partial charge < -0.3 is 10.1 Å². The molecule has 2 aliphatic heterocycles. The van der Waals surface area contributed by atoms with E-state index in [1.807, 2.05) is 0 Å². The predicted octanol–water partition coefficient (Wildman–Crippen LogP) is 3.64. The molecule has 3 aliphatic rings. The van der Waals surface area contributed by atoms with E-state index in [2.05, 4.69) is 44.3 Å². The summed E-state index contributed by atoms with van der Waals surface area (Å²) in [6.07, 6.45) is 6.03. The summed E-state index contributed by atoms with van der Waals surface area (Å²) in [7, 11) is -3.27. The Bertz CT molecular complexity index is 565. The Morgan fingerprint density at radius 3 is 2.17 bits per heavy atom. The Balaban J connectivity index is 0.000000177. The number of hydrogen-bond donors (Lipinski definition) is 1. The summed E-state index contributed by atoms with van der Waals surface area (Å²) < 4.78 is 32.1. The third-order valence-electron chi connectivity index (χ3n) is 5.00. The van der Waals surface area contributed by atoms with E-state index in [-0.39, 0.29) is 11.4 Å². The Labute approximate surface area is 147 Å². The Morgan fingerprint density at radius 1 is 1.08 bits per heavy atom. The minimum absolute atomic E-state index is 0.142. The van der Waals surface area contributed by atoms with Crippen molar-refractivity contribution in [3.05, 3.63) is 0 Å². The number of ether oxygens (including phenoxy) is 1. The van der Waals surface area contributed by atoms with Crippen molar-refractivity contribution in [1.82, 2.24) is 5.32 Å². The van der Waals surface area contributed by atoms with E-state index in [0.717, 1.165) is 25.2 Å². The van der Waals surface area contributed by atoms with Crippen molar-refractivity contribution in [2.45, 2.75) is 102 Å². The number of rotatable bonds is 0. The van der Waals surface area contributed by atoms with Crippen LogP contribution in [0.15, 0.2) is 4.40 Å². The van der Waals surface area contributed by atoms with Gasteiger partial charge in [0, 0.05) is 18.0 Å². The summed E-state index contributed by atoms with van der Waals surface area (Å²) >= 11 is 0. The highest BCUT2D eigenvalue weighted by Crippen LogP contribution is 2.32. The monoisotopic (exact) mass is 358 g/mol. The number of hydrogen-bond acceptors (Lipinski definition) is 4. The molecule has 0 spiro atoms. The van der Waals surface area contributed by atoms with Gasteiger partial charge in [-0.25, -0.2) is 8.42 Å². The Kier molecular flexibility index (Phi) is 5.70. The second-order valence-corrected chi connectivity index (χ2v) is 10.8. The second kappa shape index (κ2) is 6.94. The van der Waals surface area contributed by atoms with Crippen LogP contribution in [0, 0.1) is 5.92 Å². The van der Waals surface area contributed by atoms with Crippen molar-refractivity contribution >= 4 is 15.9 Å². The van der Waals surface area contributed by atoms with E-state index in [0.29, 0.717) is 23.4 Å². The zero-order chi connectivity index (χ0) is 18.2. The maximum Gasteiger partial charge on any atom is 0.262 e. The van der Waals surface area contributed by atoms with Gasteiger partial charge in [0.15, 0.2) is 5.90 Å². The highest BCUT2D eigenvalue weighted by atomic mass is 32.2. The van der Waals surface area contributed by atoms with Crippen LogP contribution in [-0.4, -0.2) is 36.7 Å². The lowest BCUT2D eigenvalue weighted by molar-refractivity contribution is 0.137. The van der Waals surface area contributed by atoms with E-state index in [1.165, 1.54) is 12.8 Å². The Hall–Kier alpha value is -0.620. The van der Waals surface area contributed by atoms with Gasteiger partial charge in [-0.1, -0.05) is 13.3 Å². The molecule has 2 fully saturated rings. The van der Waals surface area contributed by atoms with E-state index in [1.54, 1.807) is 6.92 Å². The zero-order valence-electron chi connectivity index (χ0n) is 16.1. The summed E-state index contributed by atoms with van der Waals surface area (Å²) in [4.78, 5) is 0. The van der Waals surface area contributed by atoms with Crippen LogP contribution in [0.1, 0.15) is 80.1 Å². The summed E-state index contributed by atoms with van der Waals surface area (Å²) in [6, 6.07) is 0. The van der Waals surface area contributed by atoms with Crippen LogP contribution in [0.2, 0.25) is 0 Å². The van der Waals surface area contributed by atoms with Crippen molar-refractivity contribution in [2.24, 2.45) is 10.3 Å². The molecule has 140 valence electrons. The van der Waals surface area contributed by atoms with E-state index < -0.39 is 10.0 Å². The number of piperidine rings is 1. The van der Waals surface area contributed by atoms with E-state index in [4.69, 9.17) is 4.74 Å². The molecule has 1 saturated heterocycles. The number of sulfonamides is 1. The van der Waals surface area contributed by atoms with Crippen LogP contribution in [0.5, 0.6) is 0 Å². The van der Waals surface area contributed by atoms with Gasteiger partial charge in [-0.3, -0.25) is 0 Å². The minimum atomic E-state index is -3.27. The van der Waals surface area contributed by atoms with Crippen molar-refractivity contribution in [3.63, 3.8) is 0 Å². The highest BCUT2D eigenvalue weighted by molar-refractivity contribution is 7.91. The summed E-state index contributed by atoms with van der Waals surface area (Å²) in [5.74, 6) is 1.16. The van der Waals surface area contributed by atoms with Gasteiger partial charge in [0.2, 0.25) is 0 Å². The van der Waals surface area contributed by atoms with E-state index in [9.17, 15) is 8.42 Å². The fourth-order valence-corrected chi connectivity index (χ4v) is 6.44. The van der Waals surface area contributed by atoms with Crippen LogP contribution in [0.25, 0.3) is 0 Å². The van der Waals surface area contributed by atoms with Crippen molar-refractivity contribution in [2.75, 3.05) is 0 Å². The molecule has 0 radical (unpaired) electrons. The molecule has 5 nitrogen and oxygen atoms in total. The largest absolute Gasteiger partial charge is 0.476 e. The van der Waals surface area contributed by atoms with Crippen molar-refractivity contribution in [3.8, 4) is 0 Å². The zero-order valence-corrected chi connectivity index (χ0v) is 16.9. The second-order valence-electron chi connectivity index (χ2n) is 9.01. The third kappa shape index (κ3) is 5.19. The molecule has 0 aromatic carbocycles. The summed E-state index contributed by atoms with van der Waals surface area (Å²) in [6.45, 7) is 13.1. The van der Waals surface area contributed by atoms with Gasteiger partial charge in [-0.15, -0.1) is 4.40 Å². The van der Waals surface area contributed by atoms with Crippen molar-refractivity contribution in [1.29, 1.82) is 0 Å². The molecule has 1 N–H and O–H groups in total. The molecule has 2 atom stereocenters. The molecule has 0 bridgehead atoms. The lowest BCUT2D eigenvalue weighted by Gasteiger charge is -2.45. The molecular formula is C18H34N2O3S. The molecule has 24 heavy (non-hydrogen) atoms. The van der Waals surface area contributed by atoms with Gasteiger partial charge in [0.05, 0.1) is 0 Å². The number of nitrogens with zero attached hydrogens (tertiary/aromatic N) is 1. The van der Waals surface area contributed by atoms with Crippen LogP contribution in [0.4, 0.5) is 0 Å². The van der Waals surface area contributed by atoms with E-state index >= 15 is 0 Å². The quantitative estimate of drug-likeness (QED) is 0.718. The molecule has 6 heteroatoms. The van der Waals surface area contributed by atoms with Crippen LogP contribution in [-0.2, 0) is 14.8 Å². The maximum atomic E-state index is 11.6. The predicted molar refractivity (Wildman–Crippen MR) is 98.8 cm³/mol. The fourth-order valence-electron chi connectivity index (χ4n) is 4.86. The molecule has 2 unspecified atom stereocenters. The minimum Gasteiger partial charge on any atom is -0.476 e. The lowest BCUT2D eigenvalue weighted by atomic mass is 9.77. The first-order valence-electron chi connectivity index (χ1n) is 9.17. The highest BCUT2D eigenvalue weighted by Gasteiger charge is 2.40. The topological polar surface area (TPSA) is 67.8 Å². The lowest BCUT2D eigenvalue weighted by Crippen LogP contribution is -2.57. The van der Waals surface area contributed by atoms with Crippen LogP contribution < -0.4 is 5.32 Å². The summed E-state index contributed by atoms with van der Waals surface area (Å²) in [5.41, 5.74) is 0.669. The smallest absolute Gasteiger partial charge is 0.262 e. The maximum absolute atomic E-state index is 11.6. The normalized spacial score (nSPS) is 34.0. The van der Waals surface area contributed by atoms with Gasteiger partial charge in [-0.05, 0) is 65.7 Å². The fraction of sp³-hybridized carbons (Fsp3) is 0.944. The van der Waals surface area contributed by atoms with Crippen LogP contribution >= 0.6 is 0 Å². The van der Waals surface area contributed by atoms with Gasteiger partial charge >= 0.3 is 0 Å². The molecule has 1 aliphatic carbocycles.